The van der Waals surface area contributed by atoms with Crippen molar-refractivity contribution in [1.29, 1.82) is 0 Å². The number of urea groups is 1. The minimum absolute atomic E-state index is 0.0882. The number of aromatic amines is 1. The summed E-state index contributed by atoms with van der Waals surface area (Å²) < 4.78 is 27.2. The minimum Gasteiger partial charge on any atom is -0.336 e. The molecule has 11 heteroatoms. The van der Waals surface area contributed by atoms with Gasteiger partial charge in [0, 0.05) is 19.1 Å². The lowest BCUT2D eigenvalue weighted by atomic mass is 10.0. The topological polar surface area (TPSA) is 133 Å². The van der Waals surface area contributed by atoms with Crippen molar-refractivity contribution >= 4 is 22.0 Å². The number of anilines is 1. The zero-order chi connectivity index (χ0) is 18.7. The van der Waals surface area contributed by atoms with E-state index < -0.39 is 10.0 Å². The number of fused-ring (bicyclic) bond motifs is 1. The van der Waals surface area contributed by atoms with Gasteiger partial charge in [-0.15, -0.1) is 5.10 Å². The molecule has 1 aromatic heterocycles. The van der Waals surface area contributed by atoms with Crippen LogP contribution in [0.1, 0.15) is 31.4 Å². The molecule has 1 unspecified atom stereocenters. The molecule has 1 aliphatic rings. The van der Waals surface area contributed by atoms with Gasteiger partial charge in [0.15, 0.2) is 0 Å². The molecule has 3 N–H and O–H groups in total. The van der Waals surface area contributed by atoms with E-state index in [1.165, 1.54) is 6.07 Å². The first kappa shape index (κ1) is 18.1. The monoisotopic (exact) mass is 379 g/mol. The fourth-order valence-electron chi connectivity index (χ4n) is 2.66. The first-order chi connectivity index (χ1) is 12.4. The summed E-state index contributed by atoms with van der Waals surface area (Å²) >= 11 is 0. The van der Waals surface area contributed by atoms with Crippen molar-refractivity contribution in [3.8, 4) is 0 Å². The number of nitrogens with zero attached hydrogens (tertiary/aromatic N) is 4. The van der Waals surface area contributed by atoms with E-state index in [1.54, 1.807) is 17.0 Å². The number of rotatable bonds is 5. The molecule has 0 fully saturated rings. The lowest BCUT2D eigenvalue weighted by molar-refractivity contribution is 0.188. The molecule has 140 valence electrons. The molecule has 2 amide bonds. The van der Waals surface area contributed by atoms with Crippen molar-refractivity contribution in [2.75, 3.05) is 11.3 Å². The highest BCUT2D eigenvalue weighted by molar-refractivity contribution is 7.92. The molecule has 0 aliphatic carbocycles. The Bertz CT molecular complexity index is 883. The summed E-state index contributed by atoms with van der Waals surface area (Å²) in [6, 6.07) is 4.86. The van der Waals surface area contributed by atoms with Crippen molar-refractivity contribution in [2.24, 2.45) is 0 Å². The van der Waals surface area contributed by atoms with Gasteiger partial charge in [-0.3, -0.25) is 0 Å². The SMILES string of the molecule is CCC(C)NC(=O)N1CCc2ccc(S(=O)(=O)Nc3nn[nH]n3)cc2C1. The average molecular weight is 379 g/mol. The maximum atomic E-state index is 12.5. The van der Waals surface area contributed by atoms with E-state index in [9.17, 15) is 13.2 Å². The second kappa shape index (κ2) is 7.28. The Hall–Kier alpha value is -2.69. The molecule has 1 atom stereocenters. The summed E-state index contributed by atoms with van der Waals surface area (Å²) in [5.41, 5.74) is 1.85. The van der Waals surface area contributed by atoms with Crippen LogP contribution in [0.25, 0.3) is 0 Å². The highest BCUT2D eigenvalue weighted by atomic mass is 32.2. The number of benzene rings is 1. The first-order valence-electron chi connectivity index (χ1n) is 8.32. The quantitative estimate of drug-likeness (QED) is 0.706. The molecular formula is C15H21N7O3S. The molecule has 3 rings (SSSR count). The summed E-state index contributed by atoms with van der Waals surface area (Å²) in [7, 11) is -3.83. The van der Waals surface area contributed by atoms with Gasteiger partial charge < -0.3 is 10.2 Å². The van der Waals surface area contributed by atoms with Gasteiger partial charge >= 0.3 is 6.03 Å². The minimum atomic E-state index is -3.83. The van der Waals surface area contributed by atoms with Crippen LogP contribution < -0.4 is 10.0 Å². The Kier molecular flexibility index (Phi) is 5.07. The van der Waals surface area contributed by atoms with Crippen molar-refractivity contribution in [3.63, 3.8) is 0 Å². The van der Waals surface area contributed by atoms with E-state index in [2.05, 4.69) is 30.7 Å². The molecule has 10 nitrogen and oxygen atoms in total. The van der Waals surface area contributed by atoms with Crippen LogP contribution in [0.5, 0.6) is 0 Å². The highest BCUT2D eigenvalue weighted by Crippen LogP contribution is 2.23. The number of hydrogen-bond donors (Lipinski definition) is 3. The molecule has 0 bridgehead atoms. The van der Waals surface area contributed by atoms with Gasteiger partial charge in [-0.2, -0.15) is 5.21 Å². The van der Waals surface area contributed by atoms with Gasteiger partial charge in [-0.1, -0.05) is 18.1 Å². The number of hydrogen-bond acceptors (Lipinski definition) is 6. The molecule has 1 aromatic carbocycles. The predicted octanol–water partition coefficient (Wildman–Crippen LogP) is 0.867. The van der Waals surface area contributed by atoms with Crippen LogP contribution >= 0.6 is 0 Å². The fraction of sp³-hybridized carbons (Fsp3) is 0.467. The lowest BCUT2D eigenvalue weighted by Gasteiger charge is -2.30. The van der Waals surface area contributed by atoms with Crippen LogP contribution in [0, 0.1) is 0 Å². The van der Waals surface area contributed by atoms with Crippen molar-refractivity contribution in [3.05, 3.63) is 29.3 Å². The predicted molar refractivity (Wildman–Crippen MR) is 93.8 cm³/mol. The number of aromatic nitrogens is 4. The third kappa shape index (κ3) is 3.93. The average Bonchev–Trinajstić information content (AvgIpc) is 3.12. The van der Waals surface area contributed by atoms with Gasteiger partial charge in [0.05, 0.1) is 4.90 Å². The van der Waals surface area contributed by atoms with Crippen LogP contribution in [-0.2, 0) is 23.0 Å². The Morgan fingerprint density at radius 1 is 1.38 bits per heavy atom. The molecule has 1 aliphatic heterocycles. The van der Waals surface area contributed by atoms with Gasteiger partial charge in [-0.05, 0) is 48.2 Å². The maximum absolute atomic E-state index is 12.5. The number of sulfonamides is 1. The van der Waals surface area contributed by atoms with Crippen molar-refractivity contribution < 1.29 is 13.2 Å². The van der Waals surface area contributed by atoms with Crippen LogP contribution in [0.15, 0.2) is 23.1 Å². The van der Waals surface area contributed by atoms with E-state index in [-0.39, 0.29) is 22.9 Å². The Morgan fingerprint density at radius 3 is 2.88 bits per heavy atom. The standard InChI is InChI=1S/C15H21N7O3S/c1-3-10(2)16-15(23)22-7-6-11-4-5-13(8-12(11)9-22)26(24,25)19-14-17-20-21-18-14/h4-5,8,10H,3,6-7,9H2,1-2H3,(H,16,23)(H2,17,18,19,20,21). The van der Waals surface area contributed by atoms with Crippen molar-refractivity contribution in [2.45, 2.75) is 44.2 Å². The molecule has 26 heavy (non-hydrogen) atoms. The summed E-state index contributed by atoms with van der Waals surface area (Å²) in [4.78, 5) is 14.1. The van der Waals surface area contributed by atoms with Crippen LogP contribution in [0.2, 0.25) is 0 Å². The summed E-state index contributed by atoms with van der Waals surface area (Å²) in [6.07, 6.45) is 1.53. The van der Waals surface area contributed by atoms with Gasteiger partial charge in [0.25, 0.3) is 16.0 Å². The Labute approximate surface area is 151 Å². The Morgan fingerprint density at radius 2 is 2.19 bits per heavy atom. The van der Waals surface area contributed by atoms with Gasteiger partial charge in [-0.25, -0.2) is 17.9 Å². The first-order valence-corrected chi connectivity index (χ1v) is 9.81. The van der Waals surface area contributed by atoms with E-state index >= 15 is 0 Å². The van der Waals surface area contributed by atoms with Crippen molar-refractivity contribution in [1.82, 2.24) is 30.8 Å². The highest BCUT2D eigenvalue weighted by Gasteiger charge is 2.24. The lowest BCUT2D eigenvalue weighted by Crippen LogP contribution is -2.45. The Balaban J connectivity index is 1.78. The van der Waals surface area contributed by atoms with Crippen LogP contribution in [0.4, 0.5) is 10.7 Å². The molecular weight excluding hydrogens is 358 g/mol. The largest absolute Gasteiger partial charge is 0.336 e. The molecule has 2 heterocycles. The number of carbonyl (C=O) groups is 1. The molecule has 0 saturated carbocycles. The molecule has 0 saturated heterocycles. The van der Waals surface area contributed by atoms with Crippen LogP contribution in [0.3, 0.4) is 0 Å². The van der Waals surface area contributed by atoms with E-state index in [0.717, 1.165) is 17.5 Å². The summed E-state index contributed by atoms with van der Waals surface area (Å²) in [5, 5.41) is 15.6. The zero-order valence-electron chi connectivity index (χ0n) is 14.6. The number of nitrogens with one attached hydrogen (secondary N) is 3. The third-order valence-corrected chi connectivity index (χ3v) is 5.67. The number of amides is 2. The second-order valence-electron chi connectivity index (χ2n) is 6.20. The van der Waals surface area contributed by atoms with Crippen LogP contribution in [-0.4, -0.2) is 52.6 Å². The summed E-state index contributed by atoms with van der Waals surface area (Å²) in [5.74, 6) is -0.128. The second-order valence-corrected chi connectivity index (χ2v) is 7.88. The zero-order valence-corrected chi connectivity index (χ0v) is 15.4. The third-order valence-electron chi connectivity index (χ3n) is 4.34. The molecule has 2 aromatic rings. The maximum Gasteiger partial charge on any atom is 0.317 e. The number of carbonyl (C=O) groups excluding carboxylic acids is 1. The number of H-pyrrole nitrogens is 1. The van der Waals surface area contributed by atoms with Gasteiger partial charge in [0.2, 0.25) is 0 Å². The summed E-state index contributed by atoms with van der Waals surface area (Å²) in [6.45, 7) is 4.92. The van der Waals surface area contributed by atoms with E-state index in [1.807, 2.05) is 13.8 Å². The fourth-order valence-corrected chi connectivity index (χ4v) is 3.65. The normalized spacial score (nSPS) is 15.2. The molecule has 0 spiro atoms. The van der Waals surface area contributed by atoms with E-state index in [0.29, 0.717) is 19.5 Å². The smallest absolute Gasteiger partial charge is 0.317 e. The number of tetrazole rings is 1. The molecule has 0 radical (unpaired) electrons. The van der Waals surface area contributed by atoms with Gasteiger partial charge in [0.1, 0.15) is 0 Å². The van der Waals surface area contributed by atoms with E-state index in [4.69, 9.17) is 0 Å².